The molecule has 1 saturated heterocycles. The van der Waals surface area contributed by atoms with Crippen molar-refractivity contribution >= 4 is 12.4 Å². The average Bonchev–Trinajstić information content (AvgIpc) is 2.48. The lowest BCUT2D eigenvalue weighted by Crippen LogP contribution is -2.55. The van der Waals surface area contributed by atoms with Crippen LogP contribution in [0.15, 0.2) is 0 Å². The van der Waals surface area contributed by atoms with Gasteiger partial charge in [0.15, 0.2) is 0 Å². The summed E-state index contributed by atoms with van der Waals surface area (Å²) in [5.74, 6) is 0. The Labute approximate surface area is 90.3 Å². The molecule has 0 aromatic rings. The van der Waals surface area contributed by atoms with Gasteiger partial charge in [-0.05, 0) is 18.3 Å². The summed E-state index contributed by atoms with van der Waals surface area (Å²) in [5, 5.41) is 9.15. The third-order valence-corrected chi connectivity index (χ3v) is 3.54. The van der Waals surface area contributed by atoms with Gasteiger partial charge >= 0.3 is 6.09 Å². The maximum Gasteiger partial charge on any atom is 0.407 e. The number of rotatable bonds is 2. The van der Waals surface area contributed by atoms with Gasteiger partial charge in [-0.3, -0.25) is 0 Å². The fraction of sp³-hybridized carbons (Fsp3) is 0.818. The lowest BCUT2D eigenvalue weighted by atomic mass is 9.70. The van der Waals surface area contributed by atoms with Crippen LogP contribution < -0.4 is 0 Å². The van der Waals surface area contributed by atoms with Crippen molar-refractivity contribution in [1.82, 2.24) is 4.90 Å². The van der Waals surface area contributed by atoms with E-state index in [9.17, 15) is 9.59 Å². The second-order valence-electron chi connectivity index (χ2n) is 5.19. The van der Waals surface area contributed by atoms with Crippen molar-refractivity contribution in [3.63, 3.8) is 0 Å². The number of likely N-dealkylation sites (tertiary alicyclic amines) is 1. The quantitative estimate of drug-likeness (QED) is 0.715. The third kappa shape index (κ3) is 1.85. The second kappa shape index (κ2) is 3.83. The summed E-state index contributed by atoms with van der Waals surface area (Å²) in [6.45, 7) is 6.54. The van der Waals surface area contributed by atoms with Gasteiger partial charge in [0, 0.05) is 13.0 Å². The first kappa shape index (κ1) is 12.0. The highest BCUT2D eigenvalue weighted by Crippen LogP contribution is 2.45. The van der Waals surface area contributed by atoms with Crippen molar-refractivity contribution in [2.45, 2.75) is 45.6 Å². The van der Waals surface area contributed by atoms with Crippen LogP contribution in [0.4, 0.5) is 4.79 Å². The van der Waals surface area contributed by atoms with E-state index in [1.165, 1.54) is 4.90 Å². The van der Waals surface area contributed by atoms with E-state index in [4.69, 9.17) is 5.11 Å². The Balaban J connectivity index is 3.09. The second-order valence-corrected chi connectivity index (χ2v) is 5.19. The Hall–Kier alpha value is -1.06. The molecule has 1 amide bonds. The van der Waals surface area contributed by atoms with E-state index in [1.54, 1.807) is 0 Å². The van der Waals surface area contributed by atoms with Crippen LogP contribution in [0.2, 0.25) is 0 Å². The molecule has 1 N–H and O–H groups in total. The van der Waals surface area contributed by atoms with Crippen molar-refractivity contribution in [2.24, 2.45) is 5.41 Å². The van der Waals surface area contributed by atoms with Gasteiger partial charge in [0.2, 0.25) is 0 Å². The molecule has 0 bridgehead atoms. The standard InChI is InChI=1S/C11H19NO3/c1-10(2,3)11(6-8-13)5-4-7-12(11)9(14)15/h8H,4-7H2,1-3H3,(H,14,15)/t11-/m0/s1. The Bertz CT molecular complexity index is 269. The molecule has 1 fully saturated rings. The molecule has 0 aromatic carbocycles. The van der Waals surface area contributed by atoms with Crippen molar-refractivity contribution in [1.29, 1.82) is 0 Å². The number of aldehydes is 1. The first-order valence-electron chi connectivity index (χ1n) is 5.29. The molecule has 1 heterocycles. The van der Waals surface area contributed by atoms with E-state index in [0.29, 0.717) is 13.0 Å². The SMILES string of the molecule is CC(C)(C)[C@@]1(CC=O)CCCN1C(=O)O. The molecule has 0 spiro atoms. The third-order valence-electron chi connectivity index (χ3n) is 3.54. The molecule has 0 unspecified atom stereocenters. The summed E-state index contributed by atoms with van der Waals surface area (Å²) in [6.07, 6.45) is 1.85. The van der Waals surface area contributed by atoms with Gasteiger partial charge in [-0.2, -0.15) is 0 Å². The molecule has 0 aliphatic carbocycles. The van der Waals surface area contributed by atoms with Crippen LogP contribution in [0.25, 0.3) is 0 Å². The van der Waals surface area contributed by atoms with Crippen LogP contribution in [0.1, 0.15) is 40.0 Å². The largest absolute Gasteiger partial charge is 0.465 e. The Morgan fingerprint density at radius 2 is 2.13 bits per heavy atom. The molecule has 1 aliphatic rings. The average molecular weight is 213 g/mol. The van der Waals surface area contributed by atoms with E-state index < -0.39 is 11.6 Å². The molecular formula is C11H19NO3. The number of hydrogen-bond donors (Lipinski definition) is 1. The summed E-state index contributed by atoms with van der Waals surface area (Å²) in [5.41, 5.74) is -0.719. The molecule has 4 nitrogen and oxygen atoms in total. The predicted molar refractivity (Wildman–Crippen MR) is 56.8 cm³/mol. The van der Waals surface area contributed by atoms with Crippen LogP contribution in [0.5, 0.6) is 0 Å². The molecule has 0 radical (unpaired) electrons. The van der Waals surface area contributed by atoms with E-state index in [1.807, 2.05) is 20.8 Å². The zero-order valence-corrected chi connectivity index (χ0v) is 9.62. The fourth-order valence-corrected chi connectivity index (χ4v) is 2.59. The Morgan fingerprint density at radius 1 is 1.53 bits per heavy atom. The number of carbonyl (C=O) groups is 2. The monoisotopic (exact) mass is 213 g/mol. The maximum atomic E-state index is 11.1. The van der Waals surface area contributed by atoms with Gasteiger partial charge in [-0.15, -0.1) is 0 Å². The number of amides is 1. The zero-order valence-electron chi connectivity index (χ0n) is 9.62. The van der Waals surface area contributed by atoms with Crippen LogP contribution in [0, 0.1) is 5.41 Å². The highest BCUT2D eigenvalue weighted by molar-refractivity contribution is 5.68. The van der Waals surface area contributed by atoms with Crippen LogP contribution in [-0.2, 0) is 4.79 Å². The van der Waals surface area contributed by atoms with Gasteiger partial charge < -0.3 is 14.8 Å². The minimum atomic E-state index is -0.913. The number of hydrogen-bond acceptors (Lipinski definition) is 2. The van der Waals surface area contributed by atoms with Crippen molar-refractivity contribution in [2.75, 3.05) is 6.54 Å². The molecule has 0 aromatic heterocycles. The predicted octanol–water partition coefficient (Wildman–Crippen LogP) is 2.13. The summed E-state index contributed by atoms with van der Waals surface area (Å²) < 4.78 is 0. The Morgan fingerprint density at radius 3 is 2.53 bits per heavy atom. The van der Waals surface area contributed by atoms with E-state index in [0.717, 1.165) is 19.1 Å². The van der Waals surface area contributed by atoms with Crippen LogP contribution in [-0.4, -0.2) is 34.5 Å². The summed E-state index contributed by atoms with van der Waals surface area (Å²) >= 11 is 0. The minimum absolute atomic E-state index is 0.206. The van der Waals surface area contributed by atoms with E-state index >= 15 is 0 Å². The first-order valence-corrected chi connectivity index (χ1v) is 5.29. The minimum Gasteiger partial charge on any atom is -0.465 e. The van der Waals surface area contributed by atoms with Gasteiger partial charge in [-0.1, -0.05) is 20.8 Å². The highest BCUT2D eigenvalue weighted by atomic mass is 16.4. The summed E-state index contributed by atoms with van der Waals surface area (Å²) in [4.78, 5) is 23.4. The summed E-state index contributed by atoms with van der Waals surface area (Å²) in [7, 11) is 0. The lowest BCUT2D eigenvalue weighted by Gasteiger charge is -2.46. The maximum absolute atomic E-state index is 11.1. The van der Waals surface area contributed by atoms with Crippen LogP contribution >= 0.6 is 0 Å². The fourth-order valence-electron chi connectivity index (χ4n) is 2.59. The van der Waals surface area contributed by atoms with Gasteiger partial charge in [0.05, 0.1) is 5.54 Å². The van der Waals surface area contributed by atoms with Crippen LogP contribution in [0.3, 0.4) is 0 Å². The molecule has 15 heavy (non-hydrogen) atoms. The lowest BCUT2D eigenvalue weighted by molar-refractivity contribution is -0.111. The van der Waals surface area contributed by atoms with E-state index in [2.05, 4.69) is 0 Å². The number of nitrogens with zero attached hydrogens (tertiary/aromatic N) is 1. The molecule has 4 heteroatoms. The molecule has 0 saturated carbocycles. The van der Waals surface area contributed by atoms with Gasteiger partial charge in [0.1, 0.15) is 6.29 Å². The molecule has 1 rings (SSSR count). The van der Waals surface area contributed by atoms with E-state index in [-0.39, 0.29) is 5.41 Å². The first-order chi connectivity index (χ1) is 6.85. The summed E-state index contributed by atoms with van der Waals surface area (Å²) in [6, 6.07) is 0. The molecular weight excluding hydrogens is 194 g/mol. The van der Waals surface area contributed by atoms with Gasteiger partial charge in [0.25, 0.3) is 0 Å². The Kier molecular flexibility index (Phi) is 3.07. The normalized spacial score (nSPS) is 26.7. The smallest absolute Gasteiger partial charge is 0.407 e. The highest BCUT2D eigenvalue weighted by Gasteiger charge is 2.51. The zero-order chi connectivity index (χ0) is 11.7. The molecule has 1 aliphatic heterocycles. The number of carboxylic acid groups (broad SMARTS) is 1. The van der Waals surface area contributed by atoms with Crippen molar-refractivity contribution < 1.29 is 14.7 Å². The van der Waals surface area contributed by atoms with Crippen molar-refractivity contribution in [3.05, 3.63) is 0 Å². The number of carbonyl (C=O) groups excluding carboxylic acids is 1. The van der Waals surface area contributed by atoms with Crippen molar-refractivity contribution in [3.8, 4) is 0 Å². The topological polar surface area (TPSA) is 57.6 Å². The van der Waals surface area contributed by atoms with Gasteiger partial charge in [-0.25, -0.2) is 4.79 Å². The molecule has 1 atom stereocenters. The molecule has 86 valence electrons.